The molecule has 0 saturated heterocycles. The molecule has 4 nitrogen and oxygen atoms in total. The maximum absolute atomic E-state index is 5.34. The third-order valence-electron chi connectivity index (χ3n) is 3.52. The summed E-state index contributed by atoms with van der Waals surface area (Å²) in [6.07, 6.45) is 0. The van der Waals surface area contributed by atoms with E-state index in [2.05, 4.69) is 62.6 Å². The Balaban J connectivity index is 2.66. The molecule has 1 aromatic carbocycles. The van der Waals surface area contributed by atoms with Crippen molar-refractivity contribution in [2.45, 2.75) is 40.0 Å². The van der Waals surface area contributed by atoms with Crippen molar-refractivity contribution in [2.24, 2.45) is 4.99 Å². The Morgan fingerprint density at radius 2 is 2.00 bits per heavy atom. The first kappa shape index (κ1) is 18.5. The molecule has 0 aromatic heterocycles. The normalized spacial score (nSPS) is 12.3. The summed E-state index contributed by atoms with van der Waals surface area (Å²) in [6, 6.07) is 8.66. The maximum Gasteiger partial charge on any atom is 0.191 e. The van der Waals surface area contributed by atoms with E-state index >= 15 is 0 Å². The topological polar surface area (TPSA) is 45.7 Å². The lowest BCUT2D eigenvalue weighted by molar-refractivity contribution is 0.152. The molecule has 0 heterocycles. The number of nitrogens with one attached hydrogen (secondary N) is 2. The summed E-state index contributed by atoms with van der Waals surface area (Å²) < 4.78 is 5.34. The second kappa shape index (κ2) is 9.46. The van der Waals surface area contributed by atoms with Gasteiger partial charge in [-0.05, 0) is 26.3 Å². The first-order valence-electron chi connectivity index (χ1n) is 8.16. The Kier molecular flexibility index (Phi) is 7.96. The van der Waals surface area contributed by atoms with Gasteiger partial charge in [0.05, 0.1) is 13.2 Å². The Morgan fingerprint density at radius 3 is 2.64 bits per heavy atom. The minimum absolute atomic E-state index is 0.00822. The lowest BCUT2D eigenvalue weighted by Crippen LogP contribution is -2.40. The summed E-state index contributed by atoms with van der Waals surface area (Å²) in [5.74, 6) is 0.850. The van der Waals surface area contributed by atoms with Crippen molar-refractivity contribution >= 4 is 5.96 Å². The fourth-order valence-electron chi connectivity index (χ4n) is 2.16. The zero-order valence-corrected chi connectivity index (χ0v) is 14.7. The molecule has 0 bridgehead atoms. The molecular formula is C18H31N3O. The molecule has 0 aliphatic carbocycles. The monoisotopic (exact) mass is 305 g/mol. The molecule has 4 heteroatoms. The summed E-state index contributed by atoms with van der Waals surface area (Å²) in [7, 11) is 0. The smallest absolute Gasteiger partial charge is 0.191 e. The molecule has 0 aliphatic heterocycles. The molecule has 2 N–H and O–H groups in total. The molecule has 0 unspecified atom stereocenters. The van der Waals surface area contributed by atoms with Gasteiger partial charge in [-0.1, -0.05) is 43.7 Å². The van der Waals surface area contributed by atoms with Gasteiger partial charge in [-0.3, -0.25) is 4.99 Å². The van der Waals surface area contributed by atoms with Crippen LogP contribution in [-0.2, 0) is 10.2 Å². The molecule has 0 aliphatic rings. The zero-order valence-electron chi connectivity index (χ0n) is 14.7. The predicted molar refractivity (Wildman–Crippen MR) is 94.7 cm³/mol. The first-order chi connectivity index (χ1) is 10.5. The SMILES string of the molecule is CCNC(=NCC(C)(C)c1cccc(C)c1)NCCOCC. The molecule has 0 saturated carbocycles. The maximum atomic E-state index is 5.34. The van der Waals surface area contributed by atoms with Gasteiger partial charge in [0.2, 0.25) is 0 Å². The number of aliphatic imine (C=N–C) groups is 1. The summed E-state index contributed by atoms with van der Waals surface area (Å²) >= 11 is 0. The lowest BCUT2D eigenvalue weighted by atomic mass is 9.84. The zero-order chi connectivity index (χ0) is 16.4. The van der Waals surface area contributed by atoms with Gasteiger partial charge in [0, 0.05) is 25.1 Å². The number of guanidine groups is 1. The van der Waals surface area contributed by atoms with Gasteiger partial charge in [0.25, 0.3) is 0 Å². The fraction of sp³-hybridized carbons (Fsp3) is 0.611. The van der Waals surface area contributed by atoms with Crippen LogP contribution in [0.15, 0.2) is 29.3 Å². The third kappa shape index (κ3) is 6.48. The quantitative estimate of drug-likeness (QED) is 0.441. The van der Waals surface area contributed by atoms with Gasteiger partial charge in [-0.2, -0.15) is 0 Å². The van der Waals surface area contributed by atoms with Gasteiger partial charge in [0.15, 0.2) is 5.96 Å². The van der Waals surface area contributed by atoms with E-state index < -0.39 is 0 Å². The van der Waals surface area contributed by atoms with E-state index in [-0.39, 0.29) is 5.41 Å². The van der Waals surface area contributed by atoms with E-state index in [1.165, 1.54) is 11.1 Å². The van der Waals surface area contributed by atoms with Crippen LogP contribution in [0.3, 0.4) is 0 Å². The Hall–Kier alpha value is -1.55. The number of nitrogens with zero attached hydrogens (tertiary/aromatic N) is 1. The second-order valence-electron chi connectivity index (χ2n) is 6.07. The number of benzene rings is 1. The van der Waals surface area contributed by atoms with Crippen LogP contribution in [0.1, 0.15) is 38.8 Å². The van der Waals surface area contributed by atoms with E-state index in [9.17, 15) is 0 Å². The highest BCUT2D eigenvalue weighted by molar-refractivity contribution is 5.79. The van der Waals surface area contributed by atoms with E-state index in [4.69, 9.17) is 9.73 Å². The Bertz CT molecular complexity index is 469. The van der Waals surface area contributed by atoms with Crippen molar-refractivity contribution in [3.8, 4) is 0 Å². The predicted octanol–water partition coefficient (Wildman–Crippen LogP) is 2.86. The molecule has 1 aromatic rings. The molecule has 22 heavy (non-hydrogen) atoms. The van der Waals surface area contributed by atoms with Crippen molar-refractivity contribution in [2.75, 3.05) is 32.8 Å². The molecule has 0 spiro atoms. The molecule has 124 valence electrons. The molecule has 0 radical (unpaired) electrons. The fourth-order valence-corrected chi connectivity index (χ4v) is 2.16. The van der Waals surface area contributed by atoms with Crippen LogP contribution in [0.5, 0.6) is 0 Å². The van der Waals surface area contributed by atoms with Gasteiger partial charge < -0.3 is 15.4 Å². The van der Waals surface area contributed by atoms with Crippen LogP contribution in [0.25, 0.3) is 0 Å². The molecule has 0 amide bonds. The highest BCUT2D eigenvalue weighted by Crippen LogP contribution is 2.24. The average molecular weight is 305 g/mol. The highest BCUT2D eigenvalue weighted by atomic mass is 16.5. The number of hydrogen-bond donors (Lipinski definition) is 2. The van der Waals surface area contributed by atoms with Crippen LogP contribution in [0, 0.1) is 6.92 Å². The Labute approximate surface area is 135 Å². The minimum Gasteiger partial charge on any atom is -0.380 e. The third-order valence-corrected chi connectivity index (χ3v) is 3.52. The van der Waals surface area contributed by atoms with E-state index in [0.29, 0.717) is 6.61 Å². The molecule has 1 rings (SSSR count). The van der Waals surface area contributed by atoms with E-state index in [0.717, 1.165) is 32.2 Å². The van der Waals surface area contributed by atoms with Gasteiger partial charge >= 0.3 is 0 Å². The number of aryl methyl sites for hydroxylation is 1. The number of rotatable bonds is 8. The first-order valence-corrected chi connectivity index (χ1v) is 8.16. The highest BCUT2D eigenvalue weighted by Gasteiger charge is 2.20. The Morgan fingerprint density at radius 1 is 1.23 bits per heavy atom. The summed E-state index contributed by atoms with van der Waals surface area (Å²) in [5.41, 5.74) is 2.62. The standard InChI is InChI=1S/C18H31N3O/c1-6-19-17(20-11-12-22-7-2)21-14-18(4,5)16-10-8-9-15(3)13-16/h8-10,13H,6-7,11-12,14H2,1-5H3,(H2,19,20,21). The minimum atomic E-state index is 0.00822. The largest absolute Gasteiger partial charge is 0.380 e. The second-order valence-corrected chi connectivity index (χ2v) is 6.07. The van der Waals surface area contributed by atoms with Gasteiger partial charge in [0.1, 0.15) is 0 Å². The number of hydrogen-bond acceptors (Lipinski definition) is 2. The summed E-state index contributed by atoms with van der Waals surface area (Å²) in [5, 5.41) is 6.58. The van der Waals surface area contributed by atoms with Crippen molar-refractivity contribution < 1.29 is 4.74 Å². The van der Waals surface area contributed by atoms with Gasteiger partial charge in [-0.25, -0.2) is 0 Å². The van der Waals surface area contributed by atoms with Crippen LogP contribution in [0.2, 0.25) is 0 Å². The van der Waals surface area contributed by atoms with Crippen molar-refractivity contribution in [1.29, 1.82) is 0 Å². The van der Waals surface area contributed by atoms with Crippen LogP contribution >= 0.6 is 0 Å². The van der Waals surface area contributed by atoms with Crippen LogP contribution < -0.4 is 10.6 Å². The van der Waals surface area contributed by atoms with Crippen LogP contribution in [0.4, 0.5) is 0 Å². The van der Waals surface area contributed by atoms with Gasteiger partial charge in [-0.15, -0.1) is 0 Å². The summed E-state index contributed by atoms with van der Waals surface area (Å²) in [6.45, 7) is 14.5. The average Bonchev–Trinajstić information content (AvgIpc) is 2.49. The molecular weight excluding hydrogens is 274 g/mol. The van der Waals surface area contributed by atoms with E-state index in [1.54, 1.807) is 0 Å². The van der Waals surface area contributed by atoms with Crippen molar-refractivity contribution in [3.05, 3.63) is 35.4 Å². The number of ether oxygens (including phenoxy) is 1. The molecule has 0 atom stereocenters. The van der Waals surface area contributed by atoms with E-state index in [1.807, 2.05) is 6.92 Å². The van der Waals surface area contributed by atoms with Crippen molar-refractivity contribution in [3.63, 3.8) is 0 Å². The van der Waals surface area contributed by atoms with Crippen LogP contribution in [-0.4, -0.2) is 38.8 Å². The molecule has 0 fully saturated rings. The lowest BCUT2D eigenvalue weighted by Gasteiger charge is -2.24. The summed E-state index contributed by atoms with van der Waals surface area (Å²) in [4.78, 5) is 4.73. The van der Waals surface area contributed by atoms with Crippen molar-refractivity contribution in [1.82, 2.24) is 10.6 Å².